The summed E-state index contributed by atoms with van der Waals surface area (Å²) in [6.45, 7) is 4.47. The molecule has 0 atom stereocenters. The summed E-state index contributed by atoms with van der Waals surface area (Å²) < 4.78 is 42.5. The Morgan fingerprint density at radius 2 is 1.83 bits per heavy atom. The van der Waals surface area contributed by atoms with E-state index in [4.69, 9.17) is 0 Å². The molecule has 0 unspecified atom stereocenters. The average molecular weight is 444 g/mol. The number of carbonyl (C=O) groups excluding carboxylic acids is 1. The Balaban J connectivity index is 2.00. The first-order valence-corrected chi connectivity index (χ1v) is 8.10. The van der Waals surface area contributed by atoms with Crippen LogP contribution in [0.15, 0.2) is 42.5 Å². The van der Waals surface area contributed by atoms with Crippen LogP contribution in [0, 0.1) is 21.0 Å². The van der Waals surface area contributed by atoms with Crippen LogP contribution in [0.1, 0.15) is 10.4 Å². The van der Waals surface area contributed by atoms with Crippen molar-refractivity contribution >= 4 is 39.9 Å². The van der Waals surface area contributed by atoms with Gasteiger partial charge in [0, 0.05) is 16.7 Å². The van der Waals surface area contributed by atoms with Crippen molar-refractivity contribution in [3.05, 3.63) is 69.1 Å². The second kappa shape index (κ2) is 6.46. The van der Waals surface area contributed by atoms with Gasteiger partial charge in [0.1, 0.15) is 5.82 Å². The average Bonchev–Trinajstić information content (AvgIpc) is 2.50. The van der Waals surface area contributed by atoms with Crippen molar-refractivity contribution in [1.82, 2.24) is 4.90 Å². The van der Waals surface area contributed by atoms with Gasteiger partial charge in [-0.3, -0.25) is 4.79 Å². The molecule has 1 amide bonds. The van der Waals surface area contributed by atoms with E-state index in [0.29, 0.717) is 16.7 Å². The Morgan fingerprint density at radius 1 is 1.12 bits per heavy atom. The lowest BCUT2D eigenvalue weighted by atomic mass is 10.1. The first-order valence-electron chi connectivity index (χ1n) is 7.03. The molecule has 3 nitrogen and oxygen atoms in total. The molecule has 0 saturated carbocycles. The van der Waals surface area contributed by atoms with Crippen molar-refractivity contribution < 1.29 is 18.0 Å². The van der Waals surface area contributed by atoms with E-state index in [9.17, 15) is 18.0 Å². The van der Waals surface area contributed by atoms with E-state index in [0.717, 1.165) is 11.6 Å². The molecule has 7 heteroatoms. The maximum absolute atomic E-state index is 14.2. The number of hydrogen-bond acceptors (Lipinski definition) is 2. The summed E-state index contributed by atoms with van der Waals surface area (Å²) in [4.78, 5) is 13.9. The van der Waals surface area contributed by atoms with E-state index in [1.54, 1.807) is 6.07 Å². The highest BCUT2D eigenvalue weighted by molar-refractivity contribution is 14.1. The number of rotatable bonds is 3. The van der Waals surface area contributed by atoms with Crippen molar-refractivity contribution in [3.8, 4) is 0 Å². The molecule has 0 aromatic heterocycles. The Labute approximate surface area is 150 Å². The zero-order chi connectivity index (χ0) is 17.4. The van der Waals surface area contributed by atoms with Crippen LogP contribution in [-0.2, 0) is 0 Å². The van der Waals surface area contributed by atoms with Crippen molar-refractivity contribution in [2.24, 2.45) is 0 Å². The standard InChI is InChI=1S/C17H12F3IN2O/c1-9-7-23(8-9)17(24)11-3-4-12(18)15(20)16(11)22-14-5-2-10(21)6-13(14)19/h2-6,22H,1,7-8H2. The lowest BCUT2D eigenvalue weighted by Crippen LogP contribution is -2.44. The largest absolute Gasteiger partial charge is 0.350 e. The summed E-state index contributed by atoms with van der Waals surface area (Å²) in [5.41, 5.74) is 0.406. The molecule has 0 radical (unpaired) electrons. The van der Waals surface area contributed by atoms with Crippen LogP contribution >= 0.6 is 22.6 Å². The summed E-state index contributed by atoms with van der Waals surface area (Å²) in [5.74, 6) is -3.43. The lowest BCUT2D eigenvalue weighted by molar-refractivity contribution is 0.0728. The third-order valence-electron chi connectivity index (χ3n) is 3.63. The van der Waals surface area contributed by atoms with E-state index in [1.165, 1.54) is 23.1 Å². The topological polar surface area (TPSA) is 32.3 Å². The van der Waals surface area contributed by atoms with Gasteiger partial charge in [0.2, 0.25) is 0 Å². The first-order chi connectivity index (χ1) is 11.4. The van der Waals surface area contributed by atoms with Crippen molar-refractivity contribution in [2.75, 3.05) is 18.4 Å². The number of nitrogens with zero attached hydrogens (tertiary/aromatic N) is 1. The minimum Gasteiger partial charge on any atom is -0.350 e. The Hall–Kier alpha value is -2.03. The molecule has 1 aliphatic rings. The summed E-state index contributed by atoms with van der Waals surface area (Å²) in [6.07, 6.45) is 0. The van der Waals surface area contributed by atoms with Gasteiger partial charge >= 0.3 is 0 Å². The molecule has 0 aliphatic carbocycles. The maximum Gasteiger partial charge on any atom is 0.256 e. The Morgan fingerprint density at radius 3 is 2.46 bits per heavy atom. The van der Waals surface area contributed by atoms with Crippen LogP contribution in [0.5, 0.6) is 0 Å². The zero-order valence-electron chi connectivity index (χ0n) is 12.4. The highest BCUT2D eigenvalue weighted by Gasteiger charge is 2.28. The van der Waals surface area contributed by atoms with E-state index < -0.39 is 23.4 Å². The number of carbonyl (C=O) groups is 1. The lowest BCUT2D eigenvalue weighted by Gasteiger charge is -2.33. The molecule has 2 aromatic rings. The van der Waals surface area contributed by atoms with E-state index in [-0.39, 0.29) is 16.9 Å². The van der Waals surface area contributed by atoms with Gasteiger partial charge < -0.3 is 10.2 Å². The van der Waals surface area contributed by atoms with E-state index in [1.807, 2.05) is 22.6 Å². The van der Waals surface area contributed by atoms with E-state index in [2.05, 4.69) is 11.9 Å². The van der Waals surface area contributed by atoms with Gasteiger partial charge in [-0.25, -0.2) is 13.2 Å². The quantitative estimate of drug-likeness (QED) is 0.560. The second-order valence-corrected chi connectivity index (χ2v) is 6.69. The van der Waals surface area contributed by atoms with Gasteiger partial charge in [-0.1, -0.05) is 6.58 Å². The Kier molecular flexibility index (Phi) is 4.53. The first kappa shape index (κ1) is 16.8. The van der Waals surface area contributed by atoms with Gasteiger partial charge in [0.15, 0.2) is 11.6 Å². The van der Waals surface area contributed by atoms with Crippen LogP contribution in [0.2, 0.25) is 0 Å². The fourth-order valence-corrected chi connectivity index (χ4v) is 2.84. The molecule has 1 heterocycles. The van der Waals surface area contributed by atoms with E-state index >= 15 is 0 Å². The predicted octanol–water partition coefficient (Wildman–Crippen LogP) is 4.46. The fraction of sp³-hybridized carbons (Fsp3) is 0.118. The third-order valence-corrected chi connectivity index (χ3v) is 4.30. The monoisotopic (exact) mass is 444 g/mol. The predicted molar refractivity (Wildman–Crippen MR) is 93.8 cm³/mol. The molecule has 3 rings (SSSR count). The molecule has 2 aromatic carbocycles. The normalized spacial score (nSPS) is 13.7. The minimum atomic E-state index is -1.22. The molecular formula is C17H12F3IN2O. The van der Waals surface area contributed by atoms with Gasteiger partial charge in [0.05, 0.1) is 16.9 Å². The second-order valence-electron chi connectivity index (χ2n) is 5.44. The molecule has 1 aliphatic heterocycles. The van der Waals surface area contributed by atoms with Gasteiger partial charge in [-0.05, 0) is 58.5 Å². The zero-order valence-corrected chi connectivity index (χ0v) is 14.5. The van der Waals surface area contributed by atoms with Gasteiger partial charge in [-0.2, -0.15) is 0 Å². The summed E-state index contributed by atoms with van der Waals surface area (Å²) >= 11 is 1.93. The number of nitrogens with one attached hydrogen (secondary N) is 1. The number of amides is 1. The highest BCUT2D eigenvalue weighted by Crippen LogP contribution is 2.30. The SMILES string of the molecule is C=C1CN(C(=O)c2ccc(F)c(F)c2Nc2ccc(I)cc2F)C1. The minimum absolute atomic E-state index is 0.0398. The highest BCUT2D eigenvalue weighted by atomic mass is 127. The van der Waals surface area contributed by atoms with Crippen LogP contribution in [0.3, 0.4) is 0 Å². The number of halogens is 4. The van der Waals surface area contributed by atoms with Crippen molar-refractivity contribution in [2.45, 2.75) is 0 Å². The molecular weight excluding hydrogens is 432 g/mol. The number of hydrogen-bond donors (Lipinski definition) is 1. The summed E-state index contributed by atoms with van der Waals surface area (Å²) in [7, 11) is 0. The Bertz CT molecular complexity index is 846. The molecule has 0 spiro atoms. The number of benzene rings is 2. The third kappa shape index (κ3) is 3.12. The van der Waals surface area contributed by atoms with Crippen LogP contribution in [-0.4, -0.2) is 23.9 Å². The smallest absolute Gasteiger partial charge is 0.256 e. The van der Waals surface area contributed by atoms with Crippen LogP contribution in [0.4, 0.5) is 24.5 Å². The van der Waals surface area contributed by atoms with Gasteiger partial charge in [-0.15, -0.1) is 0 Å². The molecule has 1 N–H and O–H groups in total. The molecule has 24 heavy (non-hydrogen) atoms. The summed E-state index contributed by atoms with van der Waals surface area (Å²) in [6, 6.07) is 6.34. The number of likely N-dealkylation sites (tertiary alicyclic amines) is 1. The van der Waals surface area contributed by atoms with Crippen LogP contribution < -0.4 is 5.32 Å². The number of anilines is 2. The van der Waals surface area contributed by atoms with Crippen molar-refractivity contribution in [1.29, 1.82) is 0 Å². The van der Waals surface area contributed by atoms with Gasteiger partial charge in [0.25, 0.3) is 5.91 Å². The summed E-state index contributed by atoms with van der Waals surface area (Å²) in [5, 5.41) is 2.51. The fourth-order valence-electron chi connectivity index (χ4n) is 2.38. The van der Waals surface area contributed by atoms with Crippen molar-refractivity contribution in [3.63, 3.8) is 0 Å². The molecule has 1 fully saturated rings. The van der Waals surface area contributed by atoms with Crippen LogP contribution in [0.25, 0.3) is 0 Å². The molecule has 1 saturated heterocycles. The molecule has 124 valence electrons. The molecule has 0 bridgehead atoms. The maximum atomic E-state index is 14.2.